The van der Waals surface area contributed by atoms with Crippen molar-refractivity contribution in [3.8, 4) is 0 Å². The summed E-state index contributed by atoms with van der Waals surface area (Å²) < 4.78 is 0. The van der Waals surface area contributed by atoms with Crippen LogP contribution in [0.4, 0.5) is 0 Å². The van der Waals surface area contributed by atoms with Gasteiger partial charge in [-0.15, -0.1) is 0 Å². The van der Waals surface area contributed by atoms with E-state index in [9.17, 15) is 9.59 Å². The molecule has 0 aromatic rings. The van der Waals surface area contributed by atoms with Gasteiger partial charge in [0.15, 0.2) is 5.78 Å². The maximum absolute atomic E-state index is 11.9. The lowest BCUT2D eigenvalue weighted by atomic mass is 9.95. The van der Waals surface area contributed by atoms with Crippen LogP contribution in [0.25, 0.3) is 0 Å². The van der Waals surface area contributed by atoms with Crippen LogP contribution in [0.1, 0.15) is 33.6 Å². The molecule has 1 aliphatic rings. The average Bonchev–Trinajstić information content (AvgIpc) is 2.67. The summed E-state index contributed by atoms with van der Waals surface area (Å²) in [5.74, 6) is -0.165. The van der Waals surface area contributed by atoms with Gasteiger partial charge in [-0.1, -0.05) is 13.8 Å². The fraction of sp³-hybridized carbons (Fsp3) is 0.583. The van der Waals surface area contributed by atoms with Crippen molar-refractivity contribution in [1.29, 1.82) is 0 Å². The van der Waals surface area contributed by atoms with E-state index in [0.717, 1.165) is 12.0 Å². The quantitative estimate of drug-likeness (QED) is 0.765. The Bertz CT molecular complexity index is 343. The molecule has 1 rings (SSSR count). The molecule has 0 bridgehead atoms. The molecule has 0 radical (unpaired) electrons. The molecule has 0 saturated carbocycles. The first kappa shape index (κ1) is 12.6. The minimum Gasteiger partial charge on any atom is -0.346 e. The van der Waals surface area contributed by atoms with Crippen LogP contribution in [-0.2, 0) is 9.59 Å². The van der Waals surface area contributed by atoms with Gasteiger partial charge >= 0.3 is 0 Å². The number of carbonyl (C=O) groups excluding carboxylic acids is 2. The van der Waals surface area contributed by atoms with Gasteiger partial charge in [-0.3, -0.25) is 14.6 Å². The summed E-state index contributed by atoms with van der Waals surface area (Å²) in [6.45, 7) is 5.12. The fourth-order valence-corrected chi connectivity index (χ4v) is 1.65. The van der Waals surface area contributed by atoms with E-state index in [2.05, 4.69) is 10.3 Å². The third kappa shape index (κ3) is 3.61. The summed E-state index contributed by atoms with van der Waals surface area (Å²) >= 11 is 0. The maximum atomic E-state index is 11.9. The highest BCUT2D eigenvalue weighted by atomic mass is 16.2. The van der Waals surface area contributed by atoms with Crippen molar-refractivity contribution >= 4 is 17.9 Å². The van der Waals surface area contributed by atoms with Crippen LogP contribution in [0, 0.1) is 5.92 Å². The Morgan fingerprint density at radius 3 is 2.62 bits per heavy atom. The molecule has 0 fully saturated rings. The number of amides is 1. The fourth-order valence-electron chi connectivity index (χ4n) is 1.65. The van der Waals surface area contributed by atoms with Gasteiger partial charge in [0.25, 0.3) is 0 Å². The molecule has 88 valence electrons. The Morgan fingerprint density at radius 2 is 2.19 bits per heavy atom. The molecular weight excluding hydrogens is 204 g/mol. The molecule has 0 aromatic carbocycles. The van der Waals surface area contributed by atoms with E-state index < -0.39 is 6.04 Å². The average molecular weight is 222 g/mol. The molecule has 0 unspecified atom stereocenters. The number of rotatable bonds is 5. The van der Waals surface area contributed by atoms with Gasteiger partial charge < -0.3 is 5.32 Å². The van der Waals surface area contributed by atoms with Crippen molar-refractivity contribution in [1.82, 2.24) is 5.32 Å². The largest absolute Gasteiger partial charge is 0.346 e. The molecule has 4 heteroatoms. The van der Waals surface area contributed by atoms with E-state index in [1.807, 2.05) is 13.8 Å². The Balaban J connectivity index is 2.63. The highest BCUT2D eigenvalue weighted by Gasteiger charge is 2.23. The number of Topliss-reactive ketones (excluding diaryl/α,β-unsaturated/α-hetero) is 1. The molecule has 1 N–H and O–H groups in total. The van der Waals surface area contributed by atoms with E-state index >= 15 is 0 Å². The molecular formula is C12H18N2O2. The van der Waals surface area contributed by atoms with E-state index in [0.29, 0.717) is 6.42 Å². The number of nitrogens with zero attached hydrogens (tertiary/aromatic N) is 1. The van der Waals surface area contributed by atoms with Crippen molar-refractivity contribution < 1.29 is 9.59 Å². The maximum Gasteiger partial charge on any atom is 0.217 e. The van der Waals surface area contributed by atoms with Crippen LogP contribution in [0.15, 0.2) is 16.8 Å². The van der Waals surface area contributed by atoms with E-state index in [1.54, 1.807) is 12.4 Å². The molecule has 0 spiro atoms. The number of carbonyl (C=O) groups is 2. The lowest BCUT2D eigenvalue weighted by Crippen LogP contribution is -2.41. The summed E-state index contributed by atoms with van der Waals surface area (Å²) in [6, 6.07) is -0.412. The topological polar surface area (TPSA) is 58.5 Å². The van der Waals surface area contributed by atoms with E-state index in [4.69, 9.17) is 0 Å². The first-order valence-corrected chi connectivity index (χ1v) is 5.51. The first-order chi connectivity index (χ1) is 7.50. The SMILES string of the molecule is CC(=O)N[C@@H](CC1=CN=CC1)C(=O)C(C)C. The van der Waals surface area contributed by atoms with Crippen LogP contribution in [0.5, 0.6) is 0 Å². The van der Waals surface area contributed by atoms with Crippen LogP contribution in [0.2, 0.25) is 0 Å². The number of nitrogens with one attached hydrogen (secondary N) is 1. The van der Waals surface area contributed by atoms with E-state index in [1.165, 1.54) is 6.92 Å². The van der Waals surface area contributed by atoms with Gasteiger partial charge in [-0.25, -0.2) is 0 Å². The summed E-state index contributed by atoms with van der Waals surface area (Å²) in [7, 11) is 0. The summed E-state index contributed by atoms with van der Waals surface area (Å²) in [5.41, 5.74) is 1.09. The van der Waals surface area contributed by atoms with Gasteiger partial charge in [0, 0.05) is 31.7 Å². The van der Waals surface area contributed by atoms with Crippen molar-refractivity contribution in [3.05, 3.63) is 11.8 Å². The van der Waals surface area contributed by atoms with Crippen LogP contribution >= 0.6 is 0 Å². The number of hydrogen-bond donors (Lipinski definition) is 1. The van der Waals surface area contributed by atoms with Crippen LogP contribution in [-0.4, -0.2) is 23.9 Å². The molecule has 1 aliphatic heterocycles. The summed E-state index contributed by atoms with van der Waals surface area (Å²) in [4.78, 5) is 26.9. The van der Waals surface area contributed by atoms with Gasteiger partial charge in [0.1, 0.15) is 0 Å². The van der Waals surface area contributed by atoms with Gasteiger partial charge in [-0.2, -0.15) is 0 Å². The lowest BCUT2D eigenvalue weighted by molar-refractivity contribution is -0.128. The number of ketones is 1. The minimum atomic E-state index is -0.412. The zero-order chi connectivity index (χ0) is 12.1. The predicted molar refractivity (Wildman–Crippen MR) is 63.3 cm³/mol. The van der Waals surface area contributed by atoms with Crippen molar-refractivity contribution in [2.45, 2.75) is 39.7 Å². The number of aliphatic imine (C=N–C) groups is 1. The third-order valence-corrected chi connectivity index (χ3v) is 2.47. The smallest absolute Gasteiger partial charge is 0.217 e. The third-order valence-electron chi connectivity index (χ3n) is 2.47. The van der Waals surface area contributed by atoms with Crippen molar-refractivity contribution in [3.63, 3.8) is 0 Å². The Hall–Kier alpha value is -1.45. The van der Waals surface area contributed by atoms with Crippen LogP contribution < -0.4 is 5.32 Å². The van der Waals surface area contributed by atoms with E-state index in [-0.39, 0.29) is 17.6 Å². The zero-order valence-corrected chi connectivity index (χ0v) is 9.99. The van der Waals surface area contributed by atoms with Gasteiger partial charge in [-0.05, 0) is 12.0 Å². The molecule has 4 nitrogen and oxygen atoms in total. The van der Waals surface area contributed by atoms with Gasteiger partial charge in [0.2, 0.25) is 5.91 Å². The molecule has 1 atom stereocenters. The molecule has 0 aliphatic carbocycles. The molecule has 1 heterocycles. The lowest BCUT2D eigenvalue weighted by Gasteiger charge is -2.19. The second-order valence-electron chi connectivity index (χ2n) is 4.34. The predicted octanol–water partition coefficient (Wildman–Crippen LogP) is 1.46. The van der Waals surface area contributed by atoms with Crippen molar-refractivity contribution in [2.24, 2.45) is 10.9 Å². The Kier molecular flexibility index (Phi) is 4.40. The highest BCUT2D eigenvalue weighted by Crippen LogP contribution is 2.16. The number of hydrogen-bond acceptors (Lipinski definition) is 3. The Morgan fingerprint density at radius 1 is 1.50 bits per heavy atom. The normalized spacial score (nSPS) is 16.1. The Labute approximate surface area is 95.8 Å². The van der Waals surface area contributed by atoms with Crippen LogP contribution in [0.3, 0.4) is 0 Å². The van der Waals surface area contributed by atoms with Crippen molar-refractivity contribution in [2.75, 3.05) is 0 Å². The molecule has 16 heavy (non-hydrogen) atoms. The molecule has 0 saturated heterocycles. The molecule has 1 amide bonds. The summed E-state index contributed by atoms with van der Waals surface area (Å²) in [5, 5.41) is 2.70. The minimum absolute atomic E-state index is 0.0697. The second-order valence-corrected chi connectivity index (χ2v) is 4.34. The summed E-state index contributed by atoms with van der Waals surface area (Å²) in [6.07, 6.45) is 4.92. The molecule has 0 aromatic heterocycles. The monoisotopic (exact) mass is 222 g/mol. The second kappa shape index (κ2) is 5.58. The highest BCUT2D eigenvalue weighted by molar-refractivity contribution is 5.90. The first-order valence-electron chi connectivity index (χ1n) is 5.51. The standard InChI is InChI=1S/C12H18N2O2/c1-8(2)12(16)11(14-9(3)15)6-10-4-5-13-7-10/h5,7-8,11H,4,6H2,1-3H3,(H,14,15)/t11-/m0/s1. The van der Waals surface area contributed by atoms with Gasteiger partial charge in [0.05, 0.1) is 6.04 Å². The zero-order valence-electron chi connectivity index (χ0n) is 9.99.